The highest BCUT2D eigenvalue weighted by atomic mass is 19.4. The first-order chi connectivity index (χ1) is 7.74. The van der Waals surface area contributed by atoms with Gasteiger partial charge in [-0.05, 0) is 0 Å². The zero-order chi connectivity index (χ0) is 13.2. The molecule has 0 saturated heterocycles. The molecule has 0 bridgehead atoms. The summed E-state index contributed by atoms with van der Waals surface area (Å²) in [7, 11) is 0. The summed E-state index contributed by atoms with van der Waals surface area (Å²) in [6, 6.07) is 0.407. The Balaban J connectivity index is 3.23. The average Bonchev–Trinajstić information content (AvgIpc) is 2.14. The summed E-state index contributed by atoms with van der Waals surface area (Å²) in [5.74, 6) is -1.99. The molecular formula is C8H7F5N2O2. The maximum absolute atomic E-state index is 12.4. The Morgan fingerprint density at radius 3 is 2.41 bits per heavy atom. The van der Waals surface area contributed by atoms with Crippen molar-refractivity contribution in [1.29, 1.82) is 0 Å². The maximum atomic E-state index is 12.4. The topological polar surface area (TPSA) is 68.4 Å². The van der Waals surface area contributed by atoms with E-state index in [9.17, 15) is 22.0 Å². The average molecular weight is 258 g/mol. The van der Waals surface area contributed by atoms with E-state index in [1.165, 1.54) is 0 Å². The first-order valence-electron chi connectivity index (χ1n) is 4.21. The van der Waals surface area contributed by atoms with E-state index in [4.69, 9.17) is 10.8 Å². The fourth-order valence-electron chi connectivity index (χ4n) is 1.05. The molecule has 0 radical (unpaired) electrons. The van der Waals surface area contributed by atoms with Crippen LogP contribution in [0, 0.1) is 0 Å². The number of hydrogen-bond donors (Lipinski definition) is 2. The van der Waals surface area contributed by atoms with Crippen molar-refractivity contribution in [2.75, 3.05) is 0 Å². The largest absolute Gasteiger partial charge is 0.573 e. The van der Waals surface area contributed by atoms with Crippen LogP contribution in [0.5, 0.6) is 11.5 Å². The summed E-state index contributed by atoms with van der Waals surface area (Å²) in [6.07, 6.45) is -8.43. The van der Waals surface area contributed by atoms with Crippen molar-refractivity contribution in [3.8, 4) is 11.5 Å². The van der Waals surface area contributed by atoms with Gasteiger partial charge in [0.1, 0.15) is 11.4 Å². The molecule has 96 valence electrons. The smallest absolute Gasteiger partial charge is 0.506 e. The molecule has 0 saturated carbocycles. The molecule has 0 aliphatic rings. The monoisotopic (exact) mass is 258 g/mol. The molecule has 1 aromatic rings. The molecule has 1 aromatic heterocycles. The Morgan fingerprint density at radius 1 is 1.41 bits per heavy atom. The number of pyridine rings is 1. The van der Waals surface area contributed by atoms with E-state index < -0.39 is 36.5 Å². The van der Waals surface area contributed by atoms with Crippen LogP contribution in [0.3, 0.4) is 0 Å². The Kier molecular flexibility index (Phi) is 3.71. The van der Waals surface area contributed by atoms with E-state index in [-0.39, 0.29) is 5.69 Å². The number of halogens is 5. The molecule has 0 fully saturated rings. The molecule has 0 aliphatic heterocycles. The minimum absolute atomic E-state index is 0.338. The Labute approximate surface area is 91.8 Å². The molecule has 17 heavy (non-hydrogen) atoms. The molecule has 4 nitrogen and oxygen atoms in total. The van der Waals surface area contributed by atoms with Crippen LogP contribution in [0.25, 0.3) is 0 Å². The molecule has 3 N–H and O–H groups in total. The summed E-state index contributed by atoms with van der Waals surface area (Å²) in [4.78, 5) is 3.12. The Bertz CT molecular complexity index is 408. The van der Waals surface area contributed by atoms with Crippen LogP contribution in [0.15, 0.2) is 6.07 Å². The lowest BCUT2D eigenvalue weighted by Crippen LogP contribution is -2.19. The molecule has 0 aliphatic carbocycles. The highest BCUT2D eigenvalue weighted by Gasteiger charge is 2.34. The number of nitrogens with two attached hydrogens (primary N) is 1. The van der Waals surface area contributed by atoms with Crippen molar-refractivity contribution in [2.45, 2.75) is 19.3 Å². The first kappa shape index (κ1) is 13.4. The normalized spacial score (nSPS) is 11.9. The van der Waals surface area contributed by atoms with Crippen molar-refractivity contribution in [3.63, 3.8) is 0 Å². The Morgan fingerprint density at radius 2 is 2.00 bits per heavy atom. The van der Waals surface area contributed by atoms with Crippen LogP contribution in [-0.2, 0) is 6.54 Å². The van der Waals surface area contributed by atoms with Crippen LogP contribution in [0.1, 0.15) is 17.8 Å². The number of alkyl halides is 5. The van der Waals surface area contributed by atoms with Gasteiger partial charge < -0.3 is 15.6 Å². The van der Waals surface area contributed by atoms with Crippen molar-refractivity contribution in [2.24, 2.45) is 5.73 Å². The van der Waals surface area contributed by atoms with Gasteiger partial charge in [-0.15, -0.1) is 13.2 Å². The van der Waals surface area contributed by atoms with Crippen LogP contribution >= 0.6 is 0 Å². The highest BCUT2D eigenvalue weighted by Crippen LogP contribution is 2.35. The fraction of sp³-hybridized carbons (Fsp3) is 0.375. The summed E-state index contributed by atoms with van der Waals surface area (Å²) >= 11 is 0. The van der Waals surface area contributed by atoms with E-state index in [1.54, 1.807) is 0 Å². The quantitative estimate of drug-likeness (QED) is 0.814. The van der Waals surface area contributed by atoms with E-state index in [1.807, 2.05) is 0 Å². The second-order valence-electron chi connectivity index (χ2n) is 2.89. The minimum atomic E-state index is -5.15. The second kappa shape index (κ2) is 4.70. The SMILES string of the molecule is NCc1nc(C(F)F)c(OC(F)(F)F)cc1O. The maximum Gasteiger partial charge on any atom is 0.573 e. The van der Waals surface area contributed by atoms with Gasteiger partial charge in [0, 0.05) is 12.6 Å². The van der Waals surface area contributed by atoms with Crippen LogP contribution in [-0.4, -0.2) is 16.5 Å². The number of ether oxygens (including phenoxy) is 1. The number of rotatable bonds is 3. The third kappa shape index (κ3) is 3.41. The third-order valence-electron chi connectivity index (χ3n) is 1.70. The van der Waals surface area contributed by atoms with Gasteiger partial charge in [-0.3, -0.25) is 0 Å². The number of hydrogen-bond acceptors (Lipinski definition) is 4. The second-order valence-corrected chi connectivity index (χ2v) is 2.89. The van der Waals surface area contributed by atoms with E-state index in [2.05, 4.69) is 9.72 Å². The first-order valence-corrected chi connectivity index (χ1v) is 4.21. The molecule has 0 amide bonds. The predicted octanol–water partition coefficient (Wildman–Crippen LogP) is 2.08. The fourth-order valence-corrected chi connectivity index (χ4v) is 1.05. The minimum Gasteiger partial charge on any atom is -0.506 e. The third-order valence-corrected chi connectivity index (χ3v) is 1.70. The van der Waals surface area contributed by atoms with Crippen LogP contribution in [0.2, 0.25) is 0 Å². The number of nitrogens with zero attached hydrogens (tertiary/aromatic N) is 1. The van der Waals surface area contributed by atoms with Crippen molar-refractivity contribution < 1.29 is 31.8 Å². The van der Waals surface area contributed by atoms with Gasteiger partial charge in [0.2, 0.25) is 0 Å². The van der Waals surface area contributed by atoms with Crippen molar-refractivity contribution in [3.05, 3.63) is 17.5 Å². The lowest BCUT2D eigenvalue weighted by molar-refractivity contribution is -0.275. The number of aromatic nitrogens is 1. The summed E-state index contributed by atoms with van der Waals surface area (Å²) in [5, 5.41) is 9.16. The van der Waals surface area contributed by atoms with Crippen LogP contribution < -0.4 is 10.5 Å². The zero-order valence-corrected chi connectivity index (χ0v) is 8.13. The summed E-state index contributed by atoms with van der Waals surface area (Å²) < 4.78 is 63.9. The predicted molar refractivity (Wildman–Crippen MR) is 45.4 cm³/mol. The molecule has 9 heteroatoms. The van der Waals surface area contributed by atoms with E-state index in [0.29, 0.717) is 6.07 Å². The van der Waals surface area contributed by atoms with Crippen molar-refractivity contribution in [1.82, 2.24) is 4.98 Å². The van der Waals surface area contributed by atoms with Gasteiger partial charge in [0.15, 0.2) is 5.75 Å². The molecule has 1 heterocycles. The summed E-state index contributed by atoms with van der Waals surface area (Å²) in [5.41, 5.74) is 3.51. The van der Waals surface area contributed by atoms with Gasteiger partial charge in [-0.25, -0.2) is 13.8 Å². The highest BCUT2D eigenvalue weighted by molar-refractivity contribution is 5.39. The standard InChI is InChI=1S/C8H7F5N2O2/c9-7(10)6-5(17-8(11,12)13)1-4(16)3(2-14)15-6/h1,7,16H,2,14H2. The van der Waals surface area contributed by atoms with Gasteiger partial charge in [0.25, 0.3) is 6.43 Å². The molecule has 0 spiro atoms. The van der Waals surface area contributed by atoms with E-state index in [0.717, 1.165) is 0 Å². The molecular weight excluding hydrogens is 251 g/mol. The van der Waals surface area contributed by atoms with Gasteiger partial charge in [-0.2, -0.15) is 0 Å². The van der Waals surface area contributed by atoms with Gasteiger partial charge in [-0.1, -0.05) is 0 Å². The molecule has 0 aromatic carbocycles. The van der Waals surface area contributed by atoms with Gasteiger partial charge >= 0.3 is 6.36 Å². The van der Waals surface area contributed by atoms with Crippen molar-refractivity contribution >= 4 is 0 Å². The lowest BCUT2D eigenvalue weighted by Gasteiger charge is -2.13. The molecule has 0 unspecified atom stereocenters. The summed E-state index contributed by atoms with van der Waals surface area (Å²) in [6.45, 7) is -0.391. The van der Waals surface area contributed by atoms with Crippen LogP contribution in [0.4, 0.5) is 22.0 Å². The molecule has 0 atom stereocenters. The van der Waals surface area contributed by atoms with E-state index >= 15 is 0 Å². The van der Waals surface area contributed by atoms with Gasteiger partial charge in [0.05, 0.1) is 5.69 Å². The lowest BCUT2D eigenvalue weighted by atomic mass is 10.2. The zero-order valence-electron chi connectivity index (χ0n) is 8.13. The Hall–Kier alpha value is -1.64. The molecule has 1 rings (SSSR count). The number of aromatic hydroxyl groups is 1.